The average Bonchev–Trinajstić information content (AvgIpc) is 3.63. The van der Waals surface area contributed by atoms with E-state index < -0.39 is 34.4 Å². The summed E-state index contributed by atoms with van der Waals surface area (Å²) in [5.74, 6) is -2.58. The van der Waals surface area contributed by atoms with Crippen LogP contribution in [0.3, 0.4) is 0 Å². The molecule has 6 rings (SSSR count). The van der Waals surface area contributed by atoms with Crippen molar-refractivity contribution >= 4 is 63.1 Å². The average molecular weight is 717 g/mol. The number of nitro groups is 1. The number of carbonyl (C=O) groups is 3. The van der Waals surface area contributed by atoms with Gasteiger partial charge < -0.3 is 31.1 Å². The van der Waals surface area contributed by atoms with Gasteiger partial charge in [-0.3, -0.25) is 34.4 Å². The second-order valence-corrected chi connectivity index (χ2v) is 11.7. The van der Waals surface area contributed by atoms with Gasteiger partial charge in [0.05, 0.1) is 29.0 Å². The highest BCUT2D eigenvalue weighted by Gasteiger charge is 2.26. The molecule has 0 saturated carbocycles. The predicted octanol–water partition coefficient (Wildman–Crippen LogP) is 0.680. The molecule has 0 spiro atoms. The van der Waals surface area contributed by atoms with Crippen LogP contribution < -0.4 is 26.8 Å². The number of nitrogens with zero attached hydrogens (tertiary/aromatic N) is 8. The molecule has 1 unspecified atom stereocenters. The van der Waals surface area contributed by atoms with E-state index in [-0.39, 0.29) is 59.9 Å². The number of carbonyl (C=O) groups excluding carboxylic acids is 2. The van der Waals surface area contributed by atoms with Crippen LogP contribution in [0.5, 0.6) is 0 Å². The minimum atomic E-state index is -1.32. The fourth-order valence-electron chi connectivity index (χ4n) is 5.57. The predicted molar refractivity (Wildman–Crippen MR) is 182 cm³/mol. The maximum Gasteiger partial charge on any atom is 0.326 e. The fourth-order valence-corrected chi connectivity index (χ4v) is 5.57. The quantitative estimate of drug-likeness (QED) is 0.0599. The summed E-state index contributed by atoms with van der Waals surface area (Å²) in [5.41, 5.74) is 7.36. The number of hydrogen-bond acceptors (Lipinski definition) is 17. The van der Waals surface area contributed by atoms with Crippen molar-refractivity contribution in [3.05, 3.63) is 74.3 Å². The number of carboxylic acid groups (broad SMARTS) is 1. The summed E-state index contributed by atoms with van der Waals surface area (Å²) in [6.07, 6.45) is 1.06. The number of aromatic amines is 1. The van der Waals surface area contributed by atoms with Crippen LogP contribution in [-0.4, -0.2) is 108 Å². The number of rotatable bonds is 14. The lowest BCUT2D eigenvalue weighted by atomic mass is 10.1. The van der Waals surface area contributed by atoms with E-state index in [0.29, 0.717) is 55.3 Å². The molecule has 52 heavy (non-hydrogen) atoms. The van der Waals surface area contributed by atoms with E-state index in [2.05, 4.69) is 45.8 Å². The molecule has 4 heterocycles. The molecule has 3 aromatic heterocycles. The standard InChI is InChI=1S/C31H32N12O9/c32-31-37-27-26(29(46)38-31)35-19(16-34-27)15-33-18-3-1-17(2-4-18)28(45)36-20(30(47)48)5-8-23(44)51-14-13-41-9-11-42(12-10-41)21-6-7-22(43(49)50)25-24(21)39-52-40-25/h1-4,6-7,16,20,33H,5,8-15H2,(H,36,45)(H,47,48)(H3,32,34,37,38,46). The summed E-state index contributed by atoms with van der Waals surface area (Å²) in [7, 11) is 0. The second kappa shape index (κ2) is 15.4. The van der Waals surface area contributed by atoms with Crippen molar-refractivity contribution in [2.45, 2.75) is 25.4 Å². The van der Waals surface area contributed by atoms with Crippen molar-refractivity contribution in [3.63, 3.8) is 0 Å². The van der Waals surface area contributed by atoms with Crippen molar-refractivity contribution in [3.8, 4) is 0 Å². The third-order valence-electron chi connectivity index (χ3n) is 8.30. The first-order chi connectivity index (χ1) is 25.0. The summed E-state index contributed by atoms with van der Waals surface area (Å²) in [6.45, 7) is 3.19. The molecular formula is C31H32N12O9. The molecule has 1 amide bonds. The van der Waals surface area contributed by atoms with Crippen molar-refractivity contribution < 1.29 is 33.8 Å². The maximum atomic E-state index is 12.8. The number of aromatic nitrogens is 6. The topological polar surface area (TPSA) is 291 Å². The number of aliphatic carboxylic acids is 1. The number of nitrogen functional groups attached to an aromatic ring is 1. The van der Waals surface area contributed by atoms with Crippen LogP contribution in [0.1, 0.15) is 28.9 Å². The lowest BCUT2D eigenvalue weighted by Gasteiger charge is -2.35. The van der Waals surface area contributed by atoms with Crippen LogP contribution in [0.2, 0.25) is 0 Å². The molecule has 0 bridgehead atoms. The number of non-ortho nitro benzene ring substituents is 1. The van der Waals surface area contributed by atoms with Crippen LogP contribution >= 0.6 is 0 Å². The van der Waals surface area contributed by atoms with Gasteiger partial charge >= 0.3 is 17.6 Å². The zero-order valence-electron chi connectivity index (χ0n) is 27.4. The zero-order valence-corrected chi connectivity index (χ0v) is 27.4. The first-order valence-corrected chi connectivity index (χ1v) is 16.0. The van der Waals surface area contributed by atoms with E-state index in [1.807, 2.05) is 4.90 Å². The van der Waals surface area contributed by atoms with E-state index in [0.717, 1.165) is 0 Å². The Hall–Kier alpha value is -6.77. The molecule has 270 valence electrons. The van der Waals surface area contributed by atoms with Crippen molar-refractivity contribution in [1.29, 1.82) is 0 Å². The van der Waals surface area contributed by atoms with Gasteiger partial charge in [0.1, 0.15) is 12.6 Å². The lowest BCUT2D eigenvalue weighted by molar-refractivity contribution is -0.383. The van der Waals surface area contributed by atoms with E-state index in [1.54, 1.807) is 18.2 Å². The molecular weight excluding hydrogens is 684 g/mol. The molecule has 1 aliphatic rings. The van der Waals surface area contributed by atoms with Crippen molar-refractivity contribution in [2.24, 2.45) is 0 Å². The third-order valence-corrected chi connectivity index (χ3v) is 8.30. The van der Waals surface area contributed by atoms with E-state index >= 15 is 0 Å². The Kier molecular flexibility index (Phi) is 10.4. The van der Waals surface area contributed by atoms with Gasteiger partial charge in [-0.15, -0.1) is 0 Å². The molecule has 5 aromatic rings. The Balaban J connectivity index is 0.912. The first kappa shape index (κ1) is 35.1. The van der Waals surface area contributed by atoms with Gasteiger partial charge in [0.25, 0.3) is 11.5 Å². The minimum absolute atomic E-state index is 0.0457. The molecule has 1 atom stereocenters. The Morgan fingerprint density at radius 2 is 1.81 bits per heavy atom. The van der Waals surface area contributed by atoms with Crippen LogP contribution in [-0.2, 0) is 20.9 Å². The number of carboxylic acids is 1. The number of benzene rings is 2. The molecule has 1 saturated heterocycles. The summed E-state index contributed by atoms with van der Waals surface area (Å²) in [4.78, 5) is 78.7. The number of nitrogens with one attached hydrogen (secondary N) is 3. The first-order valence-electron chi connectivity index (χ1n) is 16.0. The Morgan fingerprint density at radius 3 is 2.54 bits per heavy atom. The van der Waals surface area contributed by atoms with Crippen molar-refractivity contribution in [2.75, 3.05) is 55.3 Å². The number of esters is 1. The van der Waals surface area contributed by atoms with Crippen LogP contribution in [0.15, 0.2) is 52.0 Å². The van der Waals surface area contributed by atoms with E-state index in [4.69, 9.17) is 15.1 Å². The number of amides is 1. The molecule has 6 N–H and O–H groups in total. The number of ether oxygens (including phenoxy) is 1. The number of fused-ring (bicyclic) bond motifs is 2. The third kappa shape index (κ3) is 8.16. The van der Waals surface area contributed by atoms with Crippen LogP contribution in [0, 0.1) is 10.1 Å². The largest absolute Gasteiger partial charge is 0.480 e. The molecule has 21 nitrogen and oxygen atoms in total. The number of piperazine rings is 1. The highest BCUT2D eigenvalue weighted by atomic mass is 16.6. The number of nitrogens with two attached hydrogens (primary N) is 1. The monoisotopic (exact) mass is 716 g/mol. The zero-order chi connectivity index (χ0) is 36.8. The number of anilines is 3. The highest BCUT2D eigenvalue weighted by Crippen LogP contribution is 2.31. The fraction of sp³-hybridized carbons (Fsp3) is 0.323. The van der Waals surface area contributed by atoms with Gasteiger partial charge in [-0.25, -0.2) is 19.4 Å². The number of H-pyrrole nitrogens is 1. The van der Waals surface area contributed by atoms with Gasteiger partial charge in [0.2, 0.25) is 11.5 Å². The molecule has 2 aromatic carbocycles. The summed E-state index contributed by atoms with van der Waals surface area (Å²) in [6, 6.07) is 7.92. The number of hydrogen-bond donors (Lipinski definition) is 5. The van der Waals surface area contributed by atoms with Crippen LogP contribution in [0.25, 0.3) is 22.2 Å². The molecule has 1 fully saturated rings. The summed E-state index contributed by atoms with van der Waals surface area (Å²) < 4.78 is 10.1. The Morgan fingerprint density at radius 1 is 1.06 bits per heavy atom. The second-order valence-electron chi connectivity index (χ2n) is 11.7. The minimum Gasteiger partial charge on any atom is -0.480 e. The van der Waals surface area contributed by atoms with Gasteiger partial charge in [-0.1, -0.05) is 0 Å². The highest BCUT2D eigenvalue weighted by molar-refractivity contribution is 5.97. The smallest absolute Gasteiger partial charge is 0.326 e. The van der Waals surface area contributed by atoms with Gasteiger partial charge in [-0.05, 0) is 47.1 Å². The molecule has 0 radical (unpaired) electrons. The maximum absolute atomic E-state index is 12.8. The Labute approximate surface area is 292 Å². The normalized spacial score (nSPS) is 13.9. The lowest BCUT2D eigenvalue weighted by Crippen LogP contribution is -2.47. The summed E-state index contributed by atoms with van der Waals surface area (Å²) >= 11 is 0. The number of nitro benzene ring substituents is 1. The molecule has 0 aliphatic carbocycles. The van der Waals surface area contributed by atoms with E-state index in [9.17, 15) is 34.4 Å². The van der Waals surface area contributed by atoms with Gasteiger partial charge in [-0.2, -0.15) is 4.98 Å². The van der Waals surface area contributed by atoms with Gasteiger partial charge in [0.15, 0.2) is 16.7 Å². The van der Waals surface area contributed by atoms with Crippen molar-refractivity contribution in [1.82, 2.24) is 40.5 Å². The van der Waals surface area contributed by atoms with Crippen LogP contribution in [0.4, 0.5) is 23.0 Å². The Bertz CT molecular complexity index is 2180. The van der Waals surface area contributed by atoms with Gasteiger partial charge in [0, 0.05) is 56.5 Å². The SMILES string of the molecule is Nc1nc2ncc(CNc3ccc(C(=O)NC(CCC(=O)OCCN4CCN(c5ccc([N+](=O)[O-])c6nonc56)CC4)C(=O)O)cc3)nc2c(=O)[nH]1. The summed E-state index contributed by atoms with van der Waals surface area (Å²) in [5, 5.41) is 34.0. The van der Waals surface area contributed by atoms with E-state index in [1.165, 1.54) is 24.4 Å². The molecule has 1 aliphatic heterocycles. The molecule has 21 heteroatoms.